The normalized spacial score (nSPS) is 15.0. The van der Waals surface area contributed by atoms with Gasteiger partial charge in [0.05, 0.1) is 18.3 Å². The molecule has 2 aromatic carbocycles. The van der Waals surface area contributed by atoms with Gasteiger partial charge in [0.2, 0.25) is 5.91 Å². The van der Waals surface area contributed by atoms with Crippen LogP contribution < -0.4 is 5.32 Å². The lowest BCUT2D eigenvalue weighted by Gasteiger charge is -2.29. The van der Waals surface area contributed by atoms with Gasteiger partial charge in [0, 0.05) is 30.6 Å². The first-order chi connectivity index (χ1) is 17.4. The number of halogens is 3. The molecule has 1 saturated heterocycles. The summed E-state index contributed by atoms with van der Waals surface area (Å²) >= 11 is 1.50. The van der Waals surface area contributed by atoms with Crippen molar-refractivity contribution in [3.05, 3.63) is 87.9 Å². The monoisotopic (exact) mass is 517 g/mol. The fourth-order valence-electron chi connectivity index (χ4n) is 3.93. The Hall–Kier alpha value is -3.37. The highest BCUT2D eigenvalue weighted by molar-refractivity contribution is 7.09. The average molecular weight is 518 g/mol. The van der Waals surface area contributed by atoms with Gasteiger partial charge in [0.15, 0.2) is 0 Å². The Labute approximate surface area is 211 Å². The second-order valence-corrected chi connectivity index (χ2v) is 9.56. The van der Waals surface area contributed by atoms with Crippen molar-refractivity contribution in [2.45, 2.75) is 32.0 Å². The number of benzene rings is 2. The predicted molar refractivity (Wildman–Crippen MR) is 131 cm³/mol. The number of nitrogens with one attached hydrogen (secondary N) is 1. The van der Waals surface area contributed by atoms with E-state index in [1.807, 2.05) is 17.5 Å². The van der Waals surface area contributed by atoms with Crippen LogP contribution in [0.25, 0.3) is 0 Å². The quantitative estimate of drug-likeness (QED) is 0.413. The van der Waals surface area contributed by atoms with Gasteiger partial charge in [-0.1, -0.05) is 18.2 Å². The Morgan fingerprint density at radius 2 is 1.78 bits per heavy atom. The standard InChI is InChI=1S/C26H26F3N3O3S/c27-19-7-5-18(6-8-19)14-31(16-22-4-2-12-36-22)25(33)17-32(15-21-3-1-11-35-21)26(34)30-24-10-9-20(28)13-23(24)29/h2,4-10,12-13,21H,1,3,11,14-17H2,(H,30,34)/t21-/m1/s1. The van der Waals surface area contributed by atoms with E-state index >= 15 is 0 Å². The highest BCUT2D eigenvalue weighted by atomic mass is 32.1. The lowest BCUT2D eigenvalue weighted by Crippen LogP contribution is -2.46. The number of ether oxygens (including phenoxy) is 1. The van der Waals surface area contributed by atoms with E-state index in [1.54, 1.807) is 17.0 Å². The molecular weight excluding hydrogens is 491 g/mol. The van der Waals surface area contributed by atoms with E-state index in [4.69, 9.17) is 4.74 Å². The first kappa shape index (κ1) is 25.7. The molecule has 190 valence electrons. The zero-order chi connectivity index (χ0) is 25.5. The van der Waals surface area contributed by atoms with Gasteiger partial charge in [-0.25, -0.2) is 18.0 Å². The van der Waals surface area contributed by atoms with Gasteiger partial charge in [-0.05, 0) is 54.1 Å². The molecule has 1 aliphatic rings. The number of urea groups is 1. The minimum absolute atomic E-state index is 0.143. The predicted octanol–water partition coefficient (Wildman–Crippen LogP) is 5.41. The van der Waals surface area contributed by atoms with Crippen LogP contribution in [0.1, 0.15) is 23.3 Å². The first-order valence-electron chi connectivity index (χ1n) is 11.5. The van der Waals surface area contributed by atoms with Crippen molar-refractivity contribution in [2.24, 2.45) is 0 Å². The number of hydrogen-bond donors (Lipinski definition) is 1. The molecular formula is C26H26F3N3O3S. The molecule has 1 fully saturated rings. The maximum absolute atomic E-state index is 14.2. The van der Waals surface area contributed by atoms with Gasteiger partial charge in [0.1, 0.15) is 24.0 Å². The maximum Gasteiger partial charge on any atom is 0.322 e. The van der Waals surface area contributed by atoms with E-state index in [0.29, 0.717) is 19.2 Å². The van der Waals surface area contributed by atoms with Crippen LogP contribution in [0.4, 0.5) is 23.7 Å². The van der Waals surface area contributed by atoms with Crippen LogP contribution in [0, 0.1) is 17.5 Å². The summed E-state index contributed by atoms with van der Waals surface area (Å²) in [5.41, 5.74) is 0.553. The van der Waals surface area contributed by atoms with E-state index in [1.165, 1.54) is 28.4 Å². The smallest absolute Gasteiger partial charge is 0.322 e. The van der Waals surface area contributed by atoms with E-state index in [2.05, 4.69) is 5.32 Å². The number of carbonyl (C=O) groups excluding carboxylic acids is 2. The van der Waals surface area contributed by atoms with E-state index < -0.39 is 17.7 Å². The molecule has 3 aromatic rings. The van der Waals surface area contributed by atoms with Gasteiger partial charge in [0.25, 0.3) is 0 Å². The maximum atomic E-state index is 14.2. The zero-order valence-corrected chi connectivity index (χ0v) is 20.3. The van der Waals surface area contributed by atoms with Gasteiger partial charge in [-0.15, -0.1) is 11.3 Å². The average Bonchev–Trinajstić information content (AvgIpc) is 3.56. The van der Waals surface area contributed by atoms with Crippen molar-refractivity contribution in [3.63, 3.8) is 0 Å². The van der Waals surface area contributed by atoms with Gasteiger partial charge < -0.3 is 19.9 Å². The van der Waals surface area contributed by atoms with E-state index in [0.717, 1.165) is 35.4 Å². The van der Waals surface area contributed by atoms with Crippen molar-refractivity contribution in [3.8, 4) is 0 Å². The molecule has 4 rings (SSSR count). The van der Waals surface area contributed by atoms with E-state index in [9.17, 15) is 22.8 Å². The number of anilines is 1. The summed E-state index contributed by atoms with van der Waals surface area (Å²) in [5.74, 6) is -2.38. The van der Waals surface area contributed by atoms with Crippen molar-refractivity contribution in [1.82, 2.24) is 9.80 Å². The van der Waals surface area contributed by atoms with Crippen LogP contribution in [0.15, 0.2) is 60.0 Å². The molecule has 0 aliphatic carbocycles. The number of nitrogens with zero attached hydrogens (tertiary/aromatic N) is 2. The number of thiophene rings is 1. The first-order valence-corrected chi connectivity index (χ1v) is 12.4. The summed E-state index contributed by atoms with van der Waals surface area (Å²) < 4.78 is 46.5. The van der Waals surface area contributed by atoms with Crippen LogP contribution in [0.3, 0.4) is 0 Å². The Morgan fingerprint density at radius 1 is 1.00 bits per heavy atom. The SMILES string of the molecule is O=C(CN(C[C@H]1CCCO1)C(=O)Nc1ccc(F)cc1F)N(Cc1ccc(F)cc1)Cc1cccs1. The van der Waals surface area contributed by atoms with Gasteiger partial charge in [-0.2, -0.15) is 0 Å². The second kappa shape index (κ2) is 12.0. The molecule has 2 heterocycles. The summed E-state index contributed by atoms with van der Waals surface area (Å²) in [6.07, 6.45) is 1.33. The summed E-state index contributed by atoms with van der Waals surface area (Å²) in [6, 6.07) is 11.8. The van der Waals surface area contributed by atoms with Crippen LogP contribution in [0.2, 0.25) is 0 Å². The summed E-state index contributed by atoms with van der Waals surface area (Å²) in [7, 11) is 0. The number of amides is 3. The lowest BCUT2D eigenvalue weighted by atomic mass is 10.2. The van der Waals surface area contributed by atoms with Crippen molar-refractivity contribution in [1.29, 1.82) is 0 Å². The third-order valence-corrected chi connectivity index (χ3v) is 6.66. The Kier molecular flexibility index (Phi) is 8.61. The molecule has 0 spiro atoms. The van der Waals surface area contributed by atoms with Gasteiger partial charge in [-0.3, -0.25) is 4.79 Å². The second-order valence-electron chi connectivity index (χ2n) is 8.53. The molecule has 36 heavy (non-hydrogen) atoms. The minimum atomic E-state index is -0.914. The van der Waals surface area contributed by atoms with Gasteiger partial charge >= 0.3 is 6.03 Å². The van der Waals surface area contributed by atoms with Crippen LogP contribution in [0.5, 0.6) is 0 Å². The molecule has 0 bridgehead atoms. The molecule has 3 amide bonds. The summed E-state index contributed by atoms with van der Waals surface area (Å²) in [6.45, 7) is 0.968. The van der Waals surface area contributed by atoms with Crippen LogP contribution >= 0.6 is 11.3 Å². The van der Waals surface area contributed by atoms with Crippen LogP contribution in [-0.4, -0.2) is 47.5 Å². The zero-order valence-electron chi connectivity index (χ0n) is 19.5. The van der Waals surface area contributed by atoms with E-state index in [-0.39, 0.29) is 43.2 Å². The third-order valence-electron chi connectivity index (χ3n) is 5.80. The fraction of sp³-hybridized carbons (Fsp3) is 0.308. The lowest BCUT2D eigenvalue weighted by molar-refractivity contribution is -0.133. The molecule has 1 N–H and O–H groups in total. The third kappa shape index (κ3) is 7.08. The largest absolute Gasteiger partial charge is 0.376 e. The Bertz CT molecular complexity index is 1170. The summed E-state index contributed by atoms with van der Waals surface area (Å²) in [5, 5.41) is 4.34. The summed E-state index contributed by atoms with van der Waals surface area (Å²) in [4.78, 5) is 30.4. The topological polar surface area (TPSA) is 61.9 Å². The number of rotatable bonds is 9. The Balaban J connectivity index is 1.52. The molecule has 10 heteroatoms. The van der Waals surface area contributed by atoms with Crippen molar-refractivity contribution < 1.29 is 27.5 Å². The molecule has 1 atom stereocenters. The number of carbonyl (C=O) groups is 2. The number of hydrogen-bond acceptors (Lipinski definition) is 4. The minimum Gasteiger partial charge on any atom is -0.376 e. The van der Waals surface area contributed by atoms with Crippen LogP contribution in [-0.2, 0) is 22.6 Å². The molecule has 1 aliphatic heterocycles. The highest BCUT2D eigenvalue weighted by Gasteiger charge is 2.27. The molecule has 1 aromatic heterocycles. The Morgan fingerprint density at radius 3 is 2.44 bits per heavy atom. The molecule has 6 nitrogen and oxygen atoms in total. The fourth-order valence-corrected chi connectivity index (χ4v) is 4.65. The molecule has 0 saturated carbocycles. The van der Waals surface area contributed by atoms with Crippen molar-refractivity contribution in [2.75, 3.05) is 25.0 Å². The van der Waals surface area contributed by atoms with Crippen molar-refractivity contribution >= 4 is 29.0 Å². The molecule has 0 unspecified atom stereocenters. The highest BCUT2D eigenvalue weighted by Crippen LogP contribution is 2.19. The molecule has 0 radical (unpaired) electrons.